The van der Waals surface area contributed by atoms with Crippen molar-refractivity contribution in [2.75, 3.05) is 49.3 Å². The highest BCUT2D eigenvalue weighted by Gasteiger charge is 2.37. The van der Waals surface area contributed by atoms with E-state index in [1.54, 1.807) is 16.6 Å². The average molecular weight is 508 g/mol. The van der Waals surface area contributed by atoms with E-state index in [1.165, 1.54) is 18.0 Å². The molecule has 0 radical (unpaired) electrons. The Hall–Kier alpha value is -3.57. The van der Waals surface area contributed by atoms with Gasteiger partial charge in [0.05, 0.1) is 42.3 Å². The van der Waals surface area contributed by atoms with Crippen molar-refractivity contribution >= 4 is 46.2 Å². The number of hydrogen-bond donors (Lipinski definition) is 1. The summed E-state index contributed by atoms with van der Waals surface area (Å²) in [6.45, 7) is 3.31. The van der Waals surface area contributed by atoms with Crippen molar-refractivity contribution in [2.45, 2.75) is 17.5 Å². The number of ether oxygens (including phenoxy) is 2. The van der Waals surface area contributed by atoms with E-state index >= 15 is 0 Å². The molecule has 0 saturated carbocycles. The maximum Gasteiger partial charge on any atom is 0.414 e. The van der Waals surface area contributed by atoms with Gasteiger partial charge in [-0.1, -0.05) is 0 Å². The van der Waals surface area contributed by atoms with Crippen molar-refractivity contribution in [1.29, 1.82) is 0 Å². The summed E-state index contributed by atoms with van der Waals surface area (Å²) in [5.41, 5.74) is 2.83. The van der Waals surface area contributed by atoms with Gasteiger partial charge in [0.2, 0.25) is 5.91 Å². The minimum Gasteiger partial charge on any atom is -0.497 e. The molecular formula is C25H25N5O5S. The maximum atomic E-state index is 12.6. The molecule has 4 heterocycles. The van der Waals surface area contributed by atoms with Crippen LogP contribution in [0.2, 0.25) is 0 Å². The number of likely N-dealkylation sites (tertiary alicyclic amines) is 1. The molecule has 186 valence electrons. The topological polar surface area (TPSA) is 106 Å². The number of hydrogen-bond acceptors (Lipinski definition) is 8. The molecule has 6 rings (SSSR count). The van der Waals surface area contributed by atoms with Crippen molar-refractivity contribution in [3.05, 3.63) is 52.9 Å². The van der Waals surface area contributed by atoms with E-state index in [4.69, 9.17) is 9.47 Å². The largest absolute Gasteiger partial charge is 0.497 e. The SMILES string of the molecule is COc1ccc2ncc(=O)n(CC3CN(CC4CN(c5ccc6c(c5)NC(=O)CS6)C(=O)O4)C3)c2c1. The van der Waals surface area contributed by atoms with Crippen molar-refractivity contribution in [3.63, 3.8) is 0 Å². The molecule has 1 atom stereocenters. The third-order valence-electron chi connectivity index (χ3n) is 6.77. The monoisotopic (exact) mass is 507 g/mol. The highest BCUT2D eigenvalue weighted by Crippen LogP contribution is 2.35. The number of rotatable bonds is 6. The Morgan fingerprint density at radius 3 is 2.81 bits per heavy atom. The Balaban J connectivity index is 1.07. The first-order valence-corrected chi connectivity index (χ1v) is 12.8. The first-order chi connectivity index (χ1) is 17.5. The zero-order valence-corrected chi connectivity index (χ0v) is 20.5. The van der Waals surface area contributed by atoms with Crippen molar-refractivity contribution in [1.82, 2.24) is 14.5 Å². The zero-order valence-electron chi connectivity index (χ0n) is 19.7. The number of amides is 2. The van der Waals surface area contributed by atoms with E-state index in [2.05, 4.69) is 15.2 Å². The van der Waals surface area contributed by atoms with E-state index in [0.717, 1.165) is 34.7 Å². The Morgan fingerprint density at radius 1 is 1.11 bits per heavy atom. The first kappa shape index (κ1) is 22.9. The van der Waals surface area contributed by atoms with Crippen LogP contribution in [0.4, 0.5) is 16.2 Å². The molecule has 1 aromatic heterocycles. The summed E-state index contributed by atoms with van der Waals surface area (Å²) in [6.07, 6.45) is 0.741. The average Bonchev–Trinajstić information content (AvgIpc) is 3.23. The number of anilines is 2. The summed E-state index contributed by atoms with van der Waals surface area (Å²) in [4.78, 5) is 45.9. The highest BCUT2D eigenvalue weighted by atomic mass is 32.2. The molecule has 2 amide bonds. The third-order valence-corrected chi connectivity index (χ3v) is 7.84. The summed E-state index contributed by atoms with van der Waals surface area (Å²) in [6, 6.07) is 11.2. The summed E-state index contributed by atoms with van der Waals surface area (Å²) < 4.78 is 12.7. The number of thioether (sulfide) groups is 1. The van der Waals surface area contributed by atoms with Crippen LogP contribution in [0.25, 0.3) is 11.0 Å². The molecular weight excluding hydrogens is 482 g/mol. The number of carbonyl (C=O) groups excluding carboxylic acids is 2. The number of benzene rings is 2. The fraction of sp³-hybridized carbons (Fsp3) is 0.360. The molecule has 3 aliphatic heterocycles. The van der Waals surface area contributed by atoms with Gasteiger partial charge in [0.25, 0.3) is 5.56 Å². The first-order valence-electron chi connectivity index (χ1n) is 11.8. The Kier molecular flexibility index (Phi) is 5.81. The van der Waals surface area contributed by atoms with Crippen molar-refractivity contribution < 1.29 is 19.1 Å². The van der Waals surface area contributed by atoms with E-state index in [9.17, 15) is 14.4 Å². The molecule has 0 spiro atoms. The summed E-state index contributed by atoms with van der Waals surface area (Å²) in [5.74, 6) is 1.36. The van der Waals surface area contributed by atoms with Gasteiger partial charge in [0.15, 0.2) is 0 Å². The van der Waals surface area contributed by atoms with Gasteiger partial charge < -0.3 is 19.4 Å². The van der Waals surface area contributed by atoms with Crippen molar-refractivity contribution in [3.8, 4) is 5.75 Å². The van der Waals surface area contributed by atoms with Gasteiger partial charge in [0, 0.05) is 48.7 Å². The van der Waals surface area contributed by atoms with Crippen LogP contribution in [0, 0.1) is 5.92 Å². The van der Waals surface area contributed by atoms with E-state index in [0.29, 0.717) is 42.7 Å². The van der Waals surface area contributed by atoms with E-state index in [1.807, 2.05) is 36.4 Å². The maximum absolute atomic E-state index is 12.6. The number of fused-ring (bicyclic) bond motifs is 2. The Labute approximate surface area is 211 Å². The van der Waals surface area contributed by atoms with Gasteiger partial charge in [-0.25, -0.2) is 9.78 Å². The van der Waals surface area contributed by atoms with Crippen LogP contribution in [-0.2, 0) is 16.1 Å². The standard InChI is InChI=1S/C25H25N5O5S/c1-34-17-3-4-19-21(7-17)30(24(32)8-26-19)11-15-9-28(10-15)12-18-13-29(25(33)35-18)16-2-5-22-20(6-16)27-23(31)14-36-22/h2-8,15,18H,9-14H2,1H3,(H,27,31). The molecule has 2 fully saturated rings. The molecule has 36 heavy (non-hydrogen) atoms. The van der Waals surface area contributed by atoms with Crippen molar-refractivity contribution in [2.24, 2.45) is 5.92 Å². The lowest BCUT2D eigenvalue weighted by Crippen LogP contribution is -2.52. The lowest BCUT2D eigenvalue weighted by atomic mass is 9.99. The van der Waals surface area contributed by atoms with Crippen LogP contribution in [-0.4, -0.2) is 71.6 Å². The second-order valence-corrected chi connectivity index (χ2v) is 10.3. The quantitative estimate of drug-likeness (QED) is 0.542. The number of cyclic esters (lactones) is 1. The molecule has 0 aliphatic carbocycles. The molecule has 10 nitrogen and oxygen atoms in total. The van der Waals surface area contributed by atoms with Crippen LogP contribution in [0.5, 0.6) is 5.75 Å². The van der Waals surface area contributed by atoms with Gasteiger partial charge in [-0.2, -0.15) is 0 Å². The predicted molar refractivity (Wildman–Crippen MR) is 136 cm³/mol. The molecule has 0 bridgehead atoms. The number of aromatic nitrogens is 2. The minimum atomic E-state index is -0.379. The molecule has 2 saturated heterocycles. The van der Waals surface area contributed by atoms with Crippen LogP contribution in [0.3, 0.4) is 0 Å². The van der Waals surface area contributed by atoms with Gasteiger partial charge in [-0.15, -0.1) is 11.8 Å². The fourth-order valence-electron chi connectivity index (χ4n) is 5.01. The number of carbonyl (C=O) groups is 2. The minimum absolute atomic E-state index is 0.0416. The number of nitrogens with one attached hydrogen (secondary N) is 1. The zero-order chi connectivity index (χ0) is 24.8. The fourth-order valence-corrected chi connectivity index (χ4v) is 5.80. The second-order valence-electron chi connectivity index (χ2n) is 9.28. The van der Waals surface area contributed by atoms with E-state index in [-0.39, 0.29) is 23.7 Å². The summed E-state index contributed by atoms with van der Waals surface area (Å²) in [5, 5.41) is 2.86. The lowest BCUT2D eigenvalue weighted by Gasteiger charge is -2.40. The van der Waals surface area contributed by atoms with Gasteiger partial charge in [-0.05, 0) is 30.3 Å². The molecule has 1 unspecified atom stereocenters. The Bertz CT molecular complexity index is 1420. The van der Waals surface area contributed by atoms with Crippen LogP contribution in [0.15, 0.2) is 52.3 Å². The third kappa shape index (κ3) is 4.28. The van der Waals surface area contributed by atoms with Gasteiger partial charge in [0.1, 0.15) is 11.9 Å². The molecule has 1 N–H and O–H groups in total. The molecule has 3 aromatic rings. The summed E-state index contributed by atoms with van der Waals surface area (Å²) >= 11 is 1.49. The molecule has 2 aromatic carbocycles. The van der Waals surface area contributed by atoms with Crippen LogP contribution < -0.4 is 20.5 Å². The second kappa shape index (κ2) is 9.14. The van der Waals surface area contributed by atoms with Crippen LogP contribution >= 0.6 is 11.8 Å². The normalized spacial score (nSPS) is 20.1. The van der Waals surface area contributed by atoms with Crippen LogP contribution in [0.1, 0.15) is 0 Å². The number of methoxy groups -OCH3 is 1. The lowest BCUT2D eigenvalue weighted by molar-refractivity contribution is -0.113. The molecule has 3 aliphatic rings. The highest BCUT2D eigenvalue weighted by molar-refractivity contribution is 8.00. The smallest absolute Gasteiger partial charge is 0.414 e. The van der Waals surface area contributed by atoms with Gasteiger partial charge in [-0.3, -0.25) is 19.4 Å². The van der Waals surface area contributed by atoms with E-state index < -0.39 is 0 Å². The Morgan fingerprint density at radius 2 is 1.97 bits per heavy atom. The predicted octanol–water partition coefficient (Wildman–Crippen LogP) is 2.41. The molecule has 11 heteroatoms. The summed E-state index contributed by atoms with van der Waals surface area (Å²) in [7, 11) is 1.60. The number of nitrogens with zero attached hydrogens (tertiary/aromatic N) is 4. The van der Waals surface area contributed by atoms with Gasteiger partial charge >= 0.3 is 6.09 Å².